The number of hydrogen-bond acceptors (Lipinski definition) is 5. The van der Waals surface area contributed by atoms with Gasteiger partial charge in [-0.25, -0.2) is 0 Å². The molecule has 0 atom stereocenters. The van der Waals surface area contributed by atoms with Crippen molar-refractivity contribution in [2.24, 2.45) is 0 Å². The van der Waals surface area contributed by atoms with Crippen LogP contribution in [0.2, 0.25) is 0 Å². The van der Waals surface area contributed by atoms with Crippen LogP contribution in [-0.4, -0.2) is 4.92 Å². The maximum atomic E-state index is 10.7. The summed E-state index contributed by atoms with van der Waals surface area (Å²) in [6, 6.07) is 8.43. The van der Waals surface area contributed by atoms with Gasteiger partial charge >= 0.3 is 0 Å². The fourth-order valence-corrected chi connectivity index (χ4v) is 3.10. The molecule has 0 aliphatic rings. The van der Waals surface area contributed by atoms with Gasteiger partial charge in [0.05, 0.1) is 10.6 Å². The highest BCUT2D eigenvalue weighted by molar-refractivity contribution is 7.16. The summed E-state index contributed by atoms with van der Waals surface area (Å²) in [6.07, 6.45) is 1.71. The molecule has 6 heteroatoms. The summed E-state index contributed by atoms with van der Waals surface area (Å²) < 4.78 is 0. The number of nitrogens with two attached hydrogens (primary N) is 1. The van der Waals surface area contributed by atoms with Gasteiger partial charge in [0.15, 0.2) is 0 Å². The molecule has 0 saturated carbocycles. The van der Waals surface area contributed by atoms with Crippen LogP contribution >= 0.6 is 11.3 Å². The number of hydrogen-bond donors (Lipinski definition) is 1. The van der Waals surface area contributed by atoms with Crippen LogP contribution < -0.4 is 5.73 Å². The molecule has 0 amide bonds. The summed E-state index contributed by atoms with van der Waals surface area (Å²) in [6.45, 7) is 2.04. The van der Waals surface area contributed by atoms with E-state index in [1.54, 1.807) is 12.1 Å². The van der Waals surface area contributed by atoms with Crippen molar-refractivity contribution in [3.05, 3.63) is 44.8 Å². The van der Waals surface area contributed by atoms with Crippen molar-refractivity contribution in [2.75, 3.05) is 5.73 Å². The zero-order valence-corrected chi connectivity index (χ0v) is 11.7. The van der Waals surface area contributed by atoms with E-state index in [1.165, 1.54) is 23.5 Å². The average molecular weight is 287 g/mol. The minimum atomic E-state index is -0.430. The van der Waals surface area contributed by atoms with E-state index in [9.17, 15) is 10.1 Å². The summed E-state index contributed by atoms with van der Waals surface area (Å²) in [7, 11) is 0. The lowest BCUT2D eigenvalue weighted by molar-refractivity contribution is -0.384. The van der Waals surface area contributed by atoms with Crippen LogP contribution in [0.3, 0.4) is 0 Å². The Morgan fingerprint density at radius 3 is 2.55 bits per heavy atom. The Labute approximate surface area is 120 Å². The predicted molar refractivity (Wildman–Crippen MR) is 79.5 cm³/mol. The molecule has 1 heterocycles. The predicted octanol–water partition coefficient (Wildman–Crippen LogP) is 3.73. The van der Waals surface area contributed by atoms with Crippen molar-refractivity contribution in [3.8, 4) is 16.5 Å². The molecule has 0 bridgehead atoms. The van der Waals surface area contributed by atoms with Crippen LogP contribution in [0.4, 0.5) is 11.4 Å². The standard InChI is InChI=1S/C14H13N3O2S/c1-2-3-11-13(16)12(8-15)20-14(11)9-4-6-10(7-5-9)17(18)19/h4-7H,2-3,16H2,1H3. The monoisotopic (exact) mass is 287 g/mol. The van der Waals surface area contributed by atoms with E-state index in [4.69, 9.17) is 11.0 Å². The number of anilines is 1. The third-order valence-electron chi connectivity index (χ3n) is 2.99. The Bertz CT molecular complexity index is 684. The molecule has 20 heavy (non-hydrogen) atoms. The lowest BCUT2D eigenvalue weighted by atomic mass is 10.0. The van der Waals surface area contributed by atoms with Gasteiger partial charge in [-0.1, -0.05) is 13.3 Å². The van der Waals surface area contributed by atoms with Gasteiger partial charge in [0.25, 0.3) is 5.69 Å². The van der Waals surface area contributed by atoms with Crippen molar-refractivity contribution in [3.63, 3.8) is 0 Å². The van der Waals surface area contributed by atoms with Crippen molar-refractivity contribution >= 4 is 22.7 Å². The van der Waals surface area contributed by atoms with Crippen LogP contribution in [0.1, 0.15) is 23.8 Å². The second-order valence-corrected chi connectivity index (χ2v) is 5.34. The van der Waals surface area contributed by atoms with E-state index in [0.717, 1.165) is 28.8 Å². The van der Waals surface area contributed by atoms with Crippen molar-refractivity contribution in [1.29, 1.82) is 5.26 Å². The van der Waals surface area contributed by atoms with Gasteiger partial charge in [-0.15, -0.1) is 11.3 Å². The molecule has 5 nitrogen and oxygen atoms in total. The van der Waals surface area contributed by atoms with Crippen LogP contribution in [0.5, 0.6) is 0 Å². The van der Waals surface area contributed by atoms with Crippen LogP contribution in [0.15, 0.2) is 24.3 Å². The highest BCUT2D eigenvalue weighted by Gasteiger charge is 2.17. The quantitative estimate of drug-likeness (QED) is 0.684. The highest BCUT2D eigenvalue weighted by atomic mass is 32.1. The largest absolute Gasteiger partial charge is 0.397 e. The van der Waals surface area contributed by atoms with Crippen molar-refractivity contribution in [2.45, 2.75) is 19.8 Å². The summed E-state index contributed by atoms with van der Waals surface area (Å²) in [5.74, 6) is 0. The van der Waals surface area contributed by atoms with Gasteiger partial charge in [0.2, 0.25) is 0 Å². The third kappa shape index (κ3) is 2.49. The fourth-order valence-electron chi connectivity index (χ4n) is 2.03. The SMILES string of the molecule is CCCc1c(-c2ccc([N+](=O)[O-])cc2)sc(C#N)c1N. The Morgan fingerprint density at radius 1 is 1.40 bits per heavy atom. The number of rotatable bonds is 4. The van der Waals surface area contributed by atoms with Crippen molar-refractivity contribution < 1.29 is 4.92 Å². The molecule has 1 aromatic heterocycles. The van der Waals surface area contributed by atoms with Crippen LogP contribution in [0, 0.1) is 21.4 Å². The average Bonchev–Trinajstić information content (AvgIpc) is 2.76. The molecule has 0 spiro atoms. The van der Waals surface area contributed by atoms with Gasteiger partial charge in [0, 0.05) is 17.0 Å². The molecule has 0 radical (unpaired) electrons. The summed E-state index contributed by atoms with van der Waals surface area (Å²) in [5, 5.41) is 19.7. The maximum Gasteiger partial charge on any atom is 0.269 e. The molecule has 102 valence electrons. The van der Waals surface area contributed by atoms with Gasteiger partial charge in [-0.3, -0.25) is 10.1 Å². The first-order valence-corrected chi connectivity index (χ1v) is 6.96. The number of non-ortho nitro benzene ring substituents is 1. The molecular formula is C14H13N3O2S. The first kappa shape index (κ1) is 14.0. The number of nitrogens with zero attached hydrogens (tertiary/aromatic N) is 2. The first-order chi connectivity index (χ1) is 9.58. The smallest absolute Gasteiger partial charge is 0.269 e. The first-order valence-electron chi connectivity index (χ1n) is 6.14. The molecule has 2 aromatic rings. The topological polar surface area (TPSA) is 93.0 Å². The Kier molecular flexibility index (Phi) is 4.01. The van der Waals surface area contributed by atoms with E-state index in [0.29, 0.717) is 10.6 Å². The number of nitro groups is 1. The molecule has 2 N–H and O–H groups in total. The minimum Gasteiger partial charge on any atom is -0.397 e. The molecule has 0 unspecified atom stereocenters. The summed E-state index contributed by atoms with van der Waals surface area (Å²) >= 11 is 1.34. The number of thiophene rings is 1. The summed E-state index contributed by atoms with van der Waals surface area (Å²) in [4.78, 5) is 11.7. The number of nitriles is 1. The van der Waals surface area contributed by atoms with Gasteiger partial charge in [-0.2, -0.15) is 5.26 Å². The molecular weight excluding hydrogens is 274 g/mol. The van der Waals surface area contributed by atoms with E-state index < -0.39 is 4.92 Å². The Balaban J connectivity index is 2.51. The number of nitrogen functional groups attached to an aromatic ring is 1. The minimum absolute atomic E-state index is 0.0517. The zero-order valence-electron chi connectivity index (χ0n) is 10.9. The number of benzene rings is 1. The molecule has 0 aliphatic carbocycles. The maximum absolute atomic E-state index is 10.7. The van der Waals surface area contributed by atoms with Gasteiger partial charge < -0.3 is 5.73 Å². The van der Waals surface area contributed by atoms with E-state index in [1.807, 2.05) is 6.92 Å². The molecule has 2 rings (SSSR count). The molecule has 0 saturated heterocycles. The lowest BCUT2D eigenvalue weighted by Gasteiger charge is -2.04. The molecule has 1 aromatic carbocycles. The Hall–Kier alpha value is -2.39. The van der Waals surface area contributed by atoms with Crippen LogP contribution in [0.25, 0.3) is 10.4 Å². The van der Waals surface area contributed by atoms with E-state index >= 15 is 0 Å². The van der Waals surface area contributed by atoms with Crippen LogP contribution in [-0.2, 0) is 6.42 Å². The normalized spacial score (nSPS) is 10.2. The Morgan fingerprint density at radius 2 is 2.05 bits per heavy atom. The second-order valence-electron chi connectivity index (χ2n) is 4.32. The summed E-state index contributed by atoms with van der Waals surface area (Å²) in [5.41, 5.74) is 8.40. The zero-order chi connectivity index (χ0) is 14.7. The van der Waals surface area contributed by atoms with Crippen molar-refractivity contribution in [1.82, 2.24) is 0 Å². The van der Waals surface area contributed by atoms with Gasteiger partial charge in [-0.05, 0) is 29.7 Å². The third-order valence-corrected chi connectivity index (χ3v) is 4.19. The van der Waals surface area contributed by atoms with Gasteiger partial charge in [0.1, 0.15) is 10.9 Å². The second kappa shape index (κ2) is 5.72. The number of nitro benzene ring substituents is 1. The lowest BCUT2D eigenvalue weighted by Crippen LogP contribution is -1.93. The molecule has 0 aliphatic heterocycles. The highest BCUT2D eigenvalue weighted by Crippen LogP contribution is 2.39. The fraction of sp³-hybridized carbons (Fsp3) is 0.214. The van der Waals surface area contributed by atoms with E-state index in [-0.39, 0.29) is 5.69 Å². The van der Waals surface area contributed by atoms with E-state index in [2.05, 4.69) is 6.07 Å². The molecule has 0 fully saturated rings.